The molecule has 3 atom stereocenters. The molecule has 1 saturated heterocycles. The highest BCUT2D eigenvalue weighted by atomic mass is 16.5. The third-order valence-corrected chi connectivity index (χ3v) is 3.07. The van der Waals surface area contributed by atoms with Crippen LogP contribution in [0.1, 0.15) is 12.6 Å². The number of imidazole rings is 1. The van der Waals surface area contributed by atoms with Crippen molar-refractivity contribution in [2.24, 2.45) is 0 Å². The van der Waals surface area contributed by atoms with E-state index in [0.29, 0.717) is 17.6 Å². The summed E-state index contributed by atoms with van der Waals surface area (Å²) in [5.74, 6) is 0. The molecule has 2 aromatic rings. The fourth-order valence-electron chi connectivity index (χ4n) is 2.15. The van der Waals surface area contributed by atoms with Gasteiger partial charge < -0.3 is 19.9 Å². The van der Waals surface area contributed by atoms with Gasteiger partial charge in [0, 0.05) is 6.42 Å². The van der Waals surface area contributed by atoms with Gasteiger partial charge in [0.2, 0.25) is 0 Å². The van der Waals surface area contributed by atoms with Crippen molar-refractivity contribution < 1.29 is 14.9 Å². The van der Waals surface area contributed by atoms with Crippen LogP contribution >= 0.6 is 0 Å². The predicted octanol–water partition coefficient (Wildman–Crippen LogP) is -1.24. The summed E-state index contributed by atoms with van der Waals surface area (Å²) in [4.78, 5) is 22.1. The van der Waals surface area contributed by atoms with Gasteiger partial charge in [0.1, 0.15) is 12.3 Å². The Morgan fingerprint density at radius 1 is 1.56 bits per heavy atom. The van der Waals surface area contributed by atoms with E-state index in [1.54, 1.807) is 0 Å². The molecule has 8 heteroatoms. The second-order valence-corrected chi connectivity index (χ2v) is 4.17. The molecule has 0 amide bonds. The molecule has 3 rings (SSSR count). The molecule has 8 nitrogen and oxygen atoms in total. The number of ether oxygens (including phenoxy) is 1. The topological polar surface area (TPSA) is 113 Å². The molecule has 3 heterocycles. The van der Waals surface area contributed by atoms with E-state index < -0.39 is 18.4 Å². The number of aliphatic hydroxyl groups is 2. The van der Waals surface area contributed by atoms with Gasteiger partial charge in [-0.3, -0.25) is 9.36 Å². The Balaban J connectivity index is 2.03. The molecule has 0 aliphatic carbocycles. The number of hydrogen-bond acceptors (Lipinski definition) is 6. The number of fused-ring (bicyclic) bond motifs is 1. The fraction of sp³-hybridized carbons (Fsp3) is 0.500. The standard InChI is InChI=1S/C10H12N4O4/c15-2-6-5(16)1-7(18-6)14-4-13-9-8(14)10(17)12-3-11-9/h3-7,15-16H,1-2H2,(H,11,12,17)/t5-,6+,7+/m0/s1. The van der Waals surface area contributed by atoms with E-state index in [1.807, 2.05) is 0 Å². The molecule has 1 fully saturated rings. The van der Waals surface area contributed by atoms with Crippen LogP contribution in [0.15, 0.2) is 17.4 Å². The summed E-state index contributed by atoms with van der Waals surface area (Å²) in [5, 5.41) is 18.7. The van der Waals surface area contributed by atoms with Crippen LogP contribution < -0.4 is 5.56 Å². The van der Waals surface area contributed by atoms with Crippen molar-refractivity contribution in [2.45, 2.75) is 24.9 Å². The molecule has 3 N–H and O–H groups in total. The Morgan fingerprint density at radius 3 is 3.11 bits per heavy atom. The van der Waals surface area contributed by atoms with Crippen LogP contribution in [-0.2, 0) is 4.74 Å². The molecule has 1 aliphatic heterocycles. The number of nitrogens with zero attached hydrogens (tertiary/aromatic N) is 3. The van der Waals surface area contributed by atoms with Crippen molar-refractivity contribution in [2.75, 3.05) is 6.61 Å². The van der Waals surface area contributed by atoms with Crippen molar-refractivity contribution in [1.82, 2.24) is 19.5 Å². The first-order chi connectivity index (χ1) is 8.70. The zero-order chi connectivity index (χ0) is 12.7. The minimum atomic E-state index is -0.756. The average Bonchev–Trinajstić information content (AvgIpc) is 2.93. The van der Waals surface area contributed by atoms with Crippen LogP contribution in [0.5, 0.6) is 0 Å². The minimum absolute atomic E-state index is 0.265. The quantitative estimate of drug-likeness (QED) is 0.616. The van der Waals surface area contributed by atoms with Gasteiger partial charge in [-0.15, -0.1) is 0 Å². The largest absolute Gasteiger partial charge is 0.394 e. The minimum Gasteiger partial charge on any atom is -0.394 e. The molecule has 2 aromatic heterocycles. The third-order valence-electron chi connectivity index (χ3n) is 3.07. The van der Waals surface area contributed by atoms with Gasteiger partial charge in [-0.2, -0.15) is 0 Å². The van der Waals surface area contributed by atoms with Gasteiger partial charge >= 0.3 is 0 Å². The molecule has 0 spiro atoms. The first-order valence-electron chi connectivity index (χ1n) is 5.55. The molecule has 0 radical (unpaired) electrons. The summed E-state index contributed by atoms with van der Waals surface area (Å²) < 4.78 is 7.00. The van der Waals surface area contributed by atoms with Gasteiger partial charge in [-0.05, 0) is 0 Å². The maximum absolute atomic E-state index is 11.7. The Hall–Kier alpha value is -1.77. The summed E-state index contributed by atoms with van der Waals surface area (Å²) in [6.45, 7) is -0.265. The Kier molecular flexibility index (Phi) is 2.62. The van der Waals surface area contributed by atoms with Crippen molar-refractivity contribution in [3.63, 3.8) is 0 Å². The first kappa shape index (κ1) is 11.3. The molecule has 0 saturated carbocycles. The molecular formula is C10H12N4O4. The smallest absolute Gasteiger partial charge is 0.277 e. The molecule has 96 valence electrons. The number of hydrogen-bond donors (Lipinski definition) is 3. The lowest BCUT2D eigenvalue weighted by atomic mass is 10.2. The lowest BCUT2D eigenvalue weighted by molar-refractivity contribution is -0.0431. The third kappa shape index (κ3) is 1.62. The summed E-state index contributed by atoms with van der Waals surface area (Å²) >= 11 is 0. The van der Waals surface area contributed by atoms with Crippen molar-refractivity contribution in [3.05, 3.63) is 23.0 Å². The second kappa shape index (κ2) is 4.16. The monoisotopic (exact) mass is 252 g/mol. The molecule has 18 heavy (non-hydrogen) atoms. The van der Waals surface area contributed by atoms with E-state index in [4.69, 9.17) is 9.84 Å². The number of aromatic nitrogens is 4. The van der Waals surface area contributed by atoms with E-state index in [2.05, 4.69) is 15.0 Å². The second-order valence-electron chi connectivity index (χ2n) is 4.17. The van der Waals surface area contributed by atoms with Crippen molar-refractivity contribution in [1.29, 1.82) is 0 Å². The molecule has 1 aliphatic rings. The first-order valence-corrected chi connectivity index (χ1v) is 5.55. The van der Waals surface area contributed by atoms with Gasteiger partial charge in [0.25, 0.3) is 5.56 Å². The molecule has 0 bridgehead atoms. The van der Waals surface area contributed by atoms with Crippen LogP contribution in [0.3, 0.4) is 0 Å². The molecule has 0 unspecified atom stereocenters. The lowest BCUT2D eigenvalue weighted by Gasteiger charge is -2.13. The van der Waals surface area contributed by atoms with Gasteiger partial charge in [0.05, 0.1) is 25.4 Å². The highest BCUT2D eigenvalue weighted by Crippen LogP contribution is 2.29. The summed E-state index contributed by atoms with van der Waals surface area (Å²) in [6, 6.07) is 0. The molecular weight excluding hydrogens is 240 g/mol. The highest BCUT2D eigenvalue weighted by Gasteiger charge is 2.35. The van der Waals surface area contributed by atoms with Gasteiger partial charge in [0.15, 0.2) is 11.2 Å². The van der Waals surface area contributed by atoms with E-state index in [9.17, 15) is 9.90 Å². The molecule has 0 aromatic carbocycles. The number of rotatable bonds is 2. The summed E-state index contributed by atoms with van der Waals surface area (Å²) in [5.41, 5.74) is 0.306. The van der Waals surface area contributed by atoms with Crippen LogP contribution in [0, 0.1) is 0 Å². The predicted molar refractivity (Wildman–Crippen MR) is 59.8 cm³/mol. The lowest BCUT2D eigenvalue weighted by Crippen LogP contribution is -2.24. The number of aliphatic hydroxyl groups excluding tert-OH is 2. The summed E-state index contributed by atoms with van der Waals surface area (Å²) in [7, 11) is 0. The summed E-state index contributed by atoms with van der Waals surface area (Å²) in [6.07, 6.45) is 1.11. The van der Waals surface area contributed by atoms with E-state index in [1.165, 1.54) is 17.2 Å². The maximum Gasteiger partial charge on any atom is 0.277 e. The fourth-order valence-corrected chi connectivity index (χ4v) is 2.15. The van der Waals surface area contributed by atoms with Crippen molar-refractivity contribution >= 4 is 11.2 Å². The highest BCUT2D eigenvalue weighted by molar-refractivity contribution is 5.68. The van der Waals surface area contributed by atoms with E-state index in [-0.39, 0.29) is 12.2 Å². The normalized spacial score (nSPS) is 28.0. The van der Waals surface area contributed by atoms with Crippen molar-refractivity contribution in [3.8, 4) is 0 Å². The number of nitrogens with one attached hydrogen (secondary N) is 1. The maximum atomic E-state index is 11.7. The van der Waals surface area contributed by atoms with Gasteiger partial charge in [-0.25, -0.2) is 9.97 Å². The number of aromatic amines is 1. The van der Waals surface area contributed by atoms with E-state index >= 15 is 0 Å². The Bertz CT molecular complexity index is 622. The number of H-pyrrole nitrogens is 1. The van der Waals surface area contributed by atoms with Crippen LogP contribution in [-0.4, -0.2) is 48.5 Å². The van der Waals surface area contributed by atoms with E-state index in [0.717, 1.165) is 0 Å². The van der Waals surface area contributed by atoms with Gasteiger partial charge in [-0.1, -0.05) is 0 Å². The van der Waals surface area contributed by atoms with Crippen LogP contribution in [0.4, 0.5) is 0 Å². The Morgan fingerprint density at radius 2 is 2.39 bits per heavy atom. The zero-order valence-electron chi connectivity index (χ0n) is 9.35. The van der Waals surface area contributed by atoms with Crippen LogP contribution in [0.2, 0.25) is 0 Å². The zero-order valence-corrected chi connectivity index (χ0v) is 9.35. The SMILES string of the molecule is O=c1[nH]cnc2ncn([C@H]3C[C@H](O)[C@@H](CO)O3)c12. The average molecular weight is 252 g/mol. The Labute approximate surface area is 101 Å². The van der Waals surface area contributed by atoms with Crippen LogP contribution in [0.25, 0.3) is 11.2 Å².